The standard InChI is InChI=1S/C29H30ClFN6O3Si.C28H28FN9O3.CH4/c1-18(38)23-13-36(25-8-7-20(9-22(23)25)35-21-11-32-16-33-12-21)14-27(39)37-17-41(2,3)15-26(37)29(40)34-10-19-5-4-6-24(30)28(19)31;1-17-3-2-4-18(25(17)29)12-33-26(39)22-7-8-35-9-10-36(28(41)38(22)35)24-15-37(27(30)40)23-11-19(5-6-21(23)24)34-20-13-31-16-32-14-20;/h4-9,11-13,16,26,35H,10,14-15,17H2,1-3H3,(H,34,40);2-6,11,13-16,22,34H,7-10,12H2,1H3,(H2,30,40)(H,33,39);1H4/t26-;22-;/m00./s1. The SMILES string of the molecule is C.CC(=O)c1cn(CC(=O)N2C[Si](C)(C)C[C@H]2C(=O)NCc2cccc(Cl)c2F)c2ccc(Nc3cncnc3)cc12.Cc1cccc(CNC(=O)[C@@H]2CCN3CCN(c4cn(C(N)=O)c5cc(Nc6cncnc6)ccc45)C(=O)N23)c1F. The Bertz CT molecular complexity index is 3790. The molecule has 8 aromatic rings. The van der Waals surface area contributed by atoms with Crippen LogP contribution in [0, 0.1) is 18.6 Å². The fraction of sp³-hybridized carbons (Fsp3) is 0.276. The molecule has 430 valence electrons. The number of nitrogens with zero attached hydrogens (tertiary/aromatic N) is 10. The van der Waals surface area contributed by atoms with Crippen molar-refractivity contribution in [2.45, 2.75) is 78.6 Å². The van der Waals surface area contributed by atoms with E-state index in [1.807, 2.05) is 29.3 Å². The minimum atomic E-state index is -1.88. The van der Waals surface area contributed by atoms with Crippen LogP contribution in [0.5, 0.6) is 0 Å². The molecule has 3 fully saturated rings. The minimum Gasteiger partial charge on any atom is -0.353 e. The van der Waals surface area contributed by atoms with Crippen molar-refractivity contribution in [2.75, 3.05) is 41.3 Å². The molecule has 6 amide bonds. The number of halogens is 3. The number of primary amides is 1. The van der Waals surface area contributed by atoms with E-state index in [0.29, 0.717) is 94.0 Å². The van der Waals surface area contributed by atoms with Crippen molar-refractivity contribution in [1.29, 1.82) is 0 Å². The molecule has 2 atom stereocenters. The highest BCUT2D eigenvalue weighted by molar-refractivity contribution is 6.79. The van der Waals surface area contributed by atoms with Gasteiger partial charge in [0.1, 0.15) is 42.9 Å². The van der Waals surface area contributed by atoms with E-state index in [4.69, 9.17) is 17.3 Å². The van der Waals surface area contributed by atoms with Crippen molar-refractivity contribution in [2.24, 2.45) is 5.73 Å². The molecule has 25 heteroatoms. The lowest BCUT2D eigenvalue weighted by molar-refractivity contribution is -0.138. The first-order chi connectivity index (χ1) is 39.3. The molecule has 0 spiro atoms. The number of carbonyl (C=O) groups is 6. The van der Waals surface area contributed by atoms with Gasteiger partial charge in [-0.25, -0.2) is 48.3 Å². The lowest BCUT2D eigenvalue weighted by atomic mass is 10.1. The maximum absolute atomic E-state index is 14.4. The monoisotopic (exact) mass is 1170 g/mol. The van der Waals surface area contributed by atoms with Gasteiger partial charge in [-0.05, 0) is 74.3 Å². The largest absolute Gasteiger partial charge is 0.353 e. The number of fused-ring (bicyclic) bond motifs is 3. The van der Waals surface area contributed by atoms with Gasteiger partial charge in [-0.1, -0.05) is 62.5 Å². The van der Waals surface area contributed by atoms with Gasteiger partial charge in [0.25, 0.3) is 0 Å². The maximum Gasteiger partial charge on any atom is 0.339 e. The summed E-state index contributed by atoms with van der Waals surface area (Å²) in [6.45, 7) is 8.80. The van der Waals surface area contributed by atoms with E-state index in [9.17, 15) is 37.5 Å². The molecule has 3 aliphatic heterocycles. The number of urea groups is 1. The molecule has 7 heterocycles. The average Bonchev–Trinajstić information content (AvgIpc) is 4.34. The summed E-state index contributed by atoms with van der Waals surface area (Å²) >= 11 is 5.88. The van der Waals surface area contributed by atoms with Crippen LogP contribution in [0.1, 0.15) is 47.8 Å². The summed E-state index contributed by atoms with van der Waals surface area (Å²) in [4.78, 5) is 98.0. The van der Waals surface area contributed by atoms with E-state index in [-0.39, 0.29) is 73.0 Å². The number of benzene rings is 4. The number of hydrogen-bond donors (Lipinski definition) is 5. The zero-order valence-electron chi connectivity index (χ0n) is 45.2. The predicted octanol–water partition coefficient (Wildman–Crippen LogP) is 8.68. The van der Waals surface area contributed by atoms with E-state index in [1.165, 1.54) is 35.2 Å². The van der Waals surface area contributed by atoms with E-state index >= 15 is 0 Å². The molecule has 4 aromatic carbocycles. The second kappa shape index (κ2) is 24.5. The van der Waals surface area contributed by atoms with Crippen molar-refractivity contribution >= 4 is 105 Å². The Kier molecular flexibility index (Phi) is 17.3. The summed E-state index contributed by atoms with van der Waals surface area (Å²) in [5.41, 5.74) is 11.9. The summed E-state index contributed by atoms with van der Waals surface area (Å²) in [7, 11) is -1.88. The minimum absolute atomic E-state index is 0. The third-order valence-corrected chi connectivity index (χ3v) is 17.7. The number of nitrogens with two attached hydrogens (primary N) is 1. The number of aromatic nitrogens is 6. The first-order valence-electron chi connectivity index (χ1n) is 26.3. The van der Waals surface area contributed by atoms with E-state index in [1.54, 1.807) is 101 Å². The molecule has 0 aliphatic carbocycles. The second-order valence-electron chi connectivity index (χ2n) is 21.1. The molecule has 4 aromatic heterocycles. The second-order valence-corrected chi connectivity index (χ2v) is 26.5. The summed E-state index contributed by atoms with van der Waals surface area (Å²) in [6.07, 6.45) is 13.6. The molecule has 0 radical (unpaired) electrons. The van der Waals surface area contributed by atoms with Crippen molar-refractivity contribution in [3.8, 4) is 0 Å². The Labute approximate surface area is 482 Å². The van der Waals surface area contributed by atoms with Crippen LogP contribution in [-0.4, -0.2) is 126 Å². The number of nitrogens with one attached hydrogen (secondary N) is 4. The van der Waals surface area contributed by atoms with Crippen molar-refractivity contribution < 1.29 is 37.5 Å². The van der Waals surface area contributed by atoms with Crippen molar-refractivity contribution in [3.05, 3.63) is 162 Å². The number of carbonyl (C=O) groups excluding carboxylic acids is 6. The third-order valence-electron chi connectivity index (χ3n) is 14.7. The van der Waals surface area contributed by atoms with Gasteiger partial charge >= 0.3 is 12.1 Å². The normalized spacial score (nSPS) is 16.4. The lowest BCUT2D eigenvalue weighted by Crippen LogP contribution is -2.61. The van der Waals surface area contributed by atoms with E-state index < -0.39 is 32.0 Å². The molecule has 11 rings (SSSR count). The Morgan fingerprint density at radius 1 is 0.735 bits per heavy atom. The van der Waals surface area contributed by atoms with Gasteiger partial charge in [0.2, 0.25) is 17.7 Å². The Hall–Kier alpha value is -9.13. The van der Waals surface area contributed by atoms with Gasteiger partial charge in [0.05, 0.1) is 60.5 Å². The topological polar surface area (TPSA) is 251 Å². The molecule has 21 nitrogen and oxygen atoms in total. The van der Waals surface area contributed by atoms with E-state index in [0.717, 1.165) is 11.2 Å². The van der Waals surface area contributed by atoms with Crippen LogP contribution in [-0.2, 0) is 34.0 Å². The maximum atomic E-state index is 14.4. The Morgan fingerprint density at radius 3 is 2.00 bits per heavy atom. The number of anilines is 5. The fourth-order valence-corrected chi connectivity index (χ4v) is 13.8. The number of hydrogen-bond acceptors (Lipinski definition) is 13. The Morgan fingerprint density at radius 2 is 1.35 bits per heavy atom. The molecular formula is C58H62ClF2N15O6Si. The van der Waals surface area contributed by atoms with Crippen LogP contribution in [0.3, 0.4) is 0 Å². The van der Waals surface area contributed by atoms with Crippen LogP contribution < -0.4 is 31.9 Å². The first-order valence-corrected chi connectivity index (χ1v) is 30.1. The molecule has 0 saturated carbocycles. The highest BCUT2D eigenvalue weighted by atomic mass is 35.5. The van der Waals surface area contributed by atoms with Crippen LogP contribution >= 0.6 is 11.6 Å². The third kappa shape index (κ3) is 12.5. The molecule has 3 aliphatic rings. The number of hydrazine groups is 1. The van der Waals surface area contributed by atoms with Gasteiger partial charge < -0.3 is 36.5 Å². The average molecular weight is 1170 g/mol. The van der Waals surface area contributed by atoms with Gasteiger partial charge in [-0.3, -0.25) is 28.6 Å². The summed E-state index contributed by atoms with van der Waals surface area (Å²) in [5, 5.41) is 16.7. The number of rotatable bonds is 14. The van der Waals surface area contributed by atoms with Gasteiger partial charge in [-0.15, -0.1) is 0 Å². The predicted molar refractivity (Wildman–Crippen MR) is 315 cm³/mol. The van der Waals surface area contributed by atoms with Gasteiger partial charge in [0.15, 0.2) is 5.78 Å². The highest BCUT2D eigenvalue weighted by Gasteiger charge is 2.46. The van der Waals surface area contributed by atoms with Crippen molar-refractivity contribution in [3.63, 3.8) is 0 Å². The zero-order valence-corrected chi connectivity index (χ0v) is 47.0. The highest BCUT2D eigenvalue weighted by Crippen LogP contribution is 2.36. The smallest absolute Gasteiger partial charge is 0.339 e. The number of ketones is 1. The van der Waals surface area contributed by atoms with Gasteiger partial charge in [0, 0.05) is 95.6 Å². The number of aryl methyl sites for hydroxylation is 1. The lowest BCUT2D eigenvalue weighted by Gasteiger charge is -2.41. The van der Waals surface area contributed by atoms with Gasteiger partial charge in [-0.2, -0.15) is 0 Å². The van der Waals surface area contributed by atoms with Crippen LogP contribution in [0.15, 0.2) is 123 Å². The molecule has 83 heavy (non-hydrogen) atoms. The van der Waals surface area contributed by atoms with E-state index in [2.05, 4.69) is 54.3 Å². The number of amides is 6. The molecule has 6 N–H and O–H groups in total. The molecule has 0 unspecified atom stereocenters. The molecule has 3 saturated heterocycles. The molecule has 0 bridgehead atoms. The van der Waals surface area contributed by atoms with Crippen molar-refractivity contribution in [1.82, 2.24) is 54.6 Å². The summed E-state index contributed by atoms with van der Waals surface area (Å²) in [6, 6.07) is 18.8. The first kappa shape index (κ1) is 58.5. The fourth-order valence-electron chi connectivity index (χ4n) is 10.7. The quantitative estimate of drug-likeness (QED) is 0.0506. The summed E-state index contributed by atoms with van der Waals surface area (Å²) in [5.74, 6) is -1.95. The van der Waals surface area contributed by atoms with Crippen LogP contribution in [0.4, 0.5) is 46.8 Å². The zero-order chi connectivity index (χ0) is 58.0. The van der Waals surface area contributed by atoms with Crippen LogP contribution in [0.25, 0.3) is 21.8 Å². The Balaban J connectivity index is 0.000000197. The number of Topliss-reactive ketones (excluding diaryl/α,β-unsaturated/α-hetero) is 1. The summed E-state index contributed by atoms with van der Waals surface area (Å²) < 4.78 is 31.8. The van der Waals surface area contributed by atoms with Crippen LogP contribution in [0.2, 0.25) is 24.2 Å². The molecular weight excluding hydrogens is 1100 g/mol.